The third-order valence-electron chi connectivity index (χ3n) is 6.09. The maximum Gasteiger partial charge on any atom is 0.257 e. The Morgan fingerprint density at radius 3 is 2.40 bits per heavy atom. The number of furan rings is 1. The molecule has 35 heavy (non-hydrogen) atoms. The van der Waals surface area contributed by atoms with Gasteiger partial charge in [0.2, 0.25) is 5.91 Å². The quantitative estimate of drug-likeness (QED) is 0.426. The van der Waals surface area contributed by atoms with E-state index in [1.165, 1.54) is 11.9 Å². The van der Waals surface area contributed by atoms with Crippen LogP contribution < -0.4 is 26.8 Å². The Kier molecular flexibility index (Phi) is 6.23. The van der Waals surface area contributed by atoms with Crippen molar-refractivity contribution >= 4 is 40.5 Å². The van der Waals surface area contributed by atoms with E-state index >= 15 is 0 Å². The second-order valence-electron chi connectivity index (χ2n) is 9.71. The van der Waals surface area contributed by atoms with Crippen molar-refractivity contribution in [1.82, 2.24) is 10.2 Å². The molecule has 2 aromatic carbocycles. The van der Waals surface area contributed by atoms with Crippen LogP contribution in [0.2, 0.25) is 5.02 Å². The number of benzene rings is 1. The minimum atomic E-state index is -0.688. The van der Waals surface area contributed by atoms with Crippen LogP contribution >= 0.6 is 11.6 Å². The zero-order valence-electron chi connectivity index (χ0n) is 20.2. The summed E-state index contributed by atoms with van der Waals surface area (Å²) in [7, 11) is 1.49. The maximum atomic E-state index is 13.1. The fourth-order valence-corrected chi connectivity index (χ4v) is 4.39. The molecule has 2 amide bonds. The summed E-state index contributed by atoms with van der Waals surface area (Å²) in [6.07, 6.45) is 0. The van der Waals surface area contributed by atoms with Crippen LogP contribution in [0.5, 0.6) is 0 Å². The normalized spacial score (nSPS) is 14.2. The Labute approximate surface area is 207 Å². The van der Waals surface area contributed by atoms with Crippen molar-refractivity contribution < 1.29 is 14.0 Å². The van der Waals surface area contributed by atoms with Crippen molar-refractivity contribution in [2.75, 3.05) is 24.2 Å². The minimum absolute atomic E-state index is 0.0644. The lowest BCUT2D eigenvalue weighted by Crippen LogP contribution is -2.39. The first-order chi connectivity index (χ1) is 16.4. The summed E-state index contributed by atoms with van der Waals surface area (Å²) in [6, 6.07) is 6.48. The monoisotopic (exact) mass is 498 g/mol. The van der Waals surface area contributed by atoms with Crippen molar-refractivity contribution in [3.63, 3.8) is 0 Å². The van der Waals surface area contributed by atoms with E-state index in [1.54, 1.807) is 12.1 Å². The van der Waals surface area contributed by atoms with Crippen LogP contribution in [0.15, 0.2) is 38.3 Å². The first kappa shape index (κ1) is 24.5. The van der Waals surface area contributed by atoms with Crippen molar-refractivity contribution in [3.8, 4) is 0 Å². The van der Waals surface area contributed by atoms with Gasteiger partial charge in [-0.05, 0) is 36.6 Å². The topological polar surface area (TPSA) is 121 Å². The number of amides is 2. The molecule has 4 rings (SSSR count). The summed E-state index contributed by atoms with van der Waals surface area (Å²) in [5.74, 6) is 0.671. The lowest BCUT2D eigenvalue weighted by atomic mass is 9.85. The van der Waals surface area contributed by atoms with Gasteiger partial charge in [0.25, 0.3) is 16.8 Å². The average molecular weight is 499 g/mol. The summed E-state index contributed by atoms with van der Waals surface area (Å²) in [5, 5.41) is 9.03. The SMILES string of the molecule is CNC(=O)CN1Cc2c(Cl)ccc(Nc3c(N[C@@H](c4ccc(C)o4)C(C)(C)C)c(=O)c3=O)c2C1=O. The number of carbonyl (C=O) groups is 2. The molecule has 1 aliphatic heterocycles. The number of hydrogen-bond acceptors (Lipinski definition) is 7. The number of halogens is 1. The lowest BCUT2D eigenvalue weighted by molar-refractivity contribution is -0.121. The Balaban J connectivity index is 1.67. The first-order valence-electron chi connectivity index (χ1n) is 11.2. The van der Waals surface area contributed by atoms with E-state index < -0.39 is 10.9 Å². The van der Waals surface area contributed by atoms with Crippen molar-refractivity contribution in [2.45, 2.75) is 40.3 Å². The zero-order chi connectivity index (χ0) is 25.7. The summed E-state index contributed by atoms with van der Waals surface area (Å²) in [4.78, 5) is 51.4. The molecule has 1 atom stereocenters. The molecule has 0 aliphatic carbocycles. The molecule has 184 valence electrons. The summed E-state index contributed by atoms with van der Waals surface area (Å²) in [5.41, 5.74) is -0.332. The van der Waals surface area contributed by atoms with Gasteiger partial charge in [0.05, 0.1) is 17.3 Å². The zero-order valence-corrected chi connectivity index (χ0v) is 20.9. The molecule has 0 saturated carbocycles. The molecule has 0 spiro atoms. The van der Waals surface area contributed by atoms with Gasteiger partial charge in [-0.1, -0.05) is 32.4 Å². The highest BCUT2D eigenvalue weighted by Gasteiger charge is 2.36. The fourth-order valence-electron chi connectivity index (χ4n) is 4.18. The van der Waals surface area contributed by atoms with Gasteiger partial charge in [-0.3, -0.25) is 19.2 Å². The van der Waals surface area contributed by atoms with E-state index in [9.17, 15) is 19.2 Å². The molecule has 0 radical (unpaired) electrons. The Bertz CT molecular complexity index is 1390. The number of nitrogens with zero attached hydrogens (tertiary/aromatic N) is 1. The smallest absolute Gasteiger partial charge is 0.257 e. The second-order valence-corrected chi connectivity index (χ2v) is 10.1. The van der Waals surface area contributed by atoms with Gasteiger partial charge in [0.1, 0.15) is 29.4 Å². The number of anilines is 3. The Morgan fingerprint density at radius 2 is 1.80 bits per heavy atom. The third kappa shape index (κ3) is 4.43. The highest BCUT2D eigenvalue weighted by Crippen LogP contribution is 2.39. The Hall–Kier alpha value is -3.59. The van der Waals surface area contributed by atoms with E-state index in [4.69, 9.17) is 16.0 Å². The van der Waals surface area contributed by atoms with Crippen LogP contribution in [0.4, 0.5) is 17.1 Å². The highest BCUT2D eigenvalue weighted by molar-refractivity contribution is 6.32. The summed E-state index contributed by atoms with van der Waals surface area (Å²) in [6.45, 7) is 7.85. The van der Waals surface area contributed by atoms with E-state index in [1.807, 2.05) is 39.8 Å². The van der Waals surface area contributed by atoms with Gasteiger partial charge in [-0.25, -0.2) is 0 Å². The molecule has 0 saturated heterocycles. The summed E-state index contributed by atoms with van der Waals surface area (Å²) >= 11 is 6.33. The molecule has 9 nitrogen and oxygen atoms in total. The van der Waals surface area contributed by atoms with Gasteiger partial charge in [-0.2, -0.15) is 0 Å². The number of likely N-dealkylation sites (N-methyl/N-ethyl adjacent to an activating group) is 1. The van der Waals surface area contributed by atoms with Crippen molar-refractivity contribution in [1.29, 1.82) is 0 Å². The number of rotatable bonds is 7. The van der Waals surface area contributed by atoms with E-state index in [2.05, 4.69) is 16.0 Å². The maximum absolute atomic E-state index is 13.1. The molecule has 2 heterocycles. The van der Waals surface area contributed by atoms with Gasteiger partial charge in [-0.15, -0.1) is 0 Å². The van der Waals surface area contributed by atoms with Crippen LogP contribution in [-0.4, -0.2) is 30.3 Å². The molecule has 1 aliphatic rings. The van der Waals surface area contributed by atoms with Gasteiger partial charge in [0, 0.05) is 24.2 Å². The molecule has 10 heteroatoms. The molecule has 1 aromatic heterocycles. The van der Waals surface area contributed by atoms with Crippen LogP contribution in [-0.2, 0) is 11.3 Å². The number of hydrogen-bond donors (Lipinski definition) is 3. The third-order valence-corrected chi connectivity index (χ3v) is 6.44. The Morgan fingerprint density at radius 1 is 1.11 bits per heavy atom. The number of aryl methyl sites for hydroxylation is 1. The van der Waals surface area contributed by atoms with E-state index in [-0.39, 0.29) is 53.3 Å². The number of fused-ring (bicyclic) bond motifs is 1. The van der Waals surface area contributed by atoms with Gasteiger partial charge >= 0.3 is 0 Å². The largest absolute Gasteiger partial charge is 0.464 e. The van der Waals surface area contributed by atoms with Crippen molar-refractivity contribution in [3.05, 3.63) is 72.4 Å². The molecule has 0 fully saturated rings. The molecule has 0 bridgehead atoms. The van der Waals surface area contributed by atoms with E-state index in [0.29, 0.717) is 22.0 Å². The predicted octanol–water partition coefficient (Wildman–Crippen LogP) is 3.48. The standard InChI is InChI=1S/C25H27ClN4O5/c1-12-6-9-16(35-12)23(25(2,3)4)29-20-19(21(32)22(20)33)28-15-8-7-14(26)13-10-30(11-17(31)27-5)24(34)18(13)15/h6-9,23,28-29H,10-11H2,1-5H3,(H,27,31)/t23-/m0/s1. The van der Waals surface area contributed by atoms with Gasteiger partial charge in [0.15, 0.2) is 0 Å². The average Bonchev–Trinajstić information content (AvgIpc) is 3.37. The number of nitrogens with one attached hydrogen (secondary N) is 3. The van der Waals surface area contributed by atoms with Gasteiger partial charge < -0.3 is 25.3 Å². The molecule has 3 N–H and O–H groups in total. The number of carbonyl (C=O) groups excluding carboxylic acids is 2. The fraction of sp³-hybridized carbons (Fsp3) is 0.360. The molecule has 3 aromatic rings. The predicted molar refractivity (Wildman–Crippen MR) is 134 cm³/mol. The second kappa shape index (κ2) is 8.88. The highest BCUT2D eigenvalue weighted by atomic mass is 35.5. The van der Waals surface area contributed by atoms with E-state index in [0.717, 1.165) is 5.76 Å². The van der Waals surface area contributed by atoms with Crippen LogP contribution in [0.1, 0.15) is 54.3 Å². The van der Waals surface area contributed by atoms with Crippen LogP contribution in [0.3, 0.4) is 0 Å². The van der Waals surface area contributed by atoms with Crippen molar-refractivity contribution in [2.24, 2.45) is 5.41 Å². The minimum Gasteiger partial charge on any atom is -0.464 e. The van der Waals surface area contributed by atoms with Crippen LogP contribution in [0.25, 0.3) is 0 Å². The van der Waals surface area contributed by atoms with Crippen LogP contribution in [0, 0.1) is 12.3 Å². The molecular weight excluding hydrogens is 472 g/mol. The first-order valence-corrected chi connectivity index (χ1v) is 11.5. The lowest BCUT2D eigenvalue weighted by Gasteiger charge is -2.31. The summed E-state index contributed by atoms with van der Waals surface area (Å²) < 4.78 is 5.80. The molecule has 0 unspecified atom stereocenters. The molecular formula is C25H27ClN4O5.